The highest BCUT2D eigenvalue weighted by Gasteiger charge is 2.18. The molecule has 0 unspecified atom stereocenters. The number of aromatic nitrogens is 6. The first-order chi connectivity index (χ1) is 17.8. The monoisotopic (exact) mass is 492 g/mol. The Morgan fingerprint density at radius 3 is 2.81 bits per heavy atom. The molecule has 0 atom stereocenters. The normalized spacial score (nSPS) is 14.6. The molecule has 0 aliphatic heterocycles. The van der Waals surface area contributed by atoms with Crippen LogP contribution in [-0.2, 0) is 0 Å². The molecule has 0 saturated heterocycles. The molecule has 8 heteroatoms. The molecular weight excluding hydrogens is 468 g/mol. The van der Waals surface area contributed by atoms with Crippen molar-refractivity contribution in [3.8, 4) is 38.8 Å². The SMILES string of the molecule is c1csc(-c2ccnc3nc(-c4n[nH]c5ccc(-c6cncc(OC7CCCCC7)c6)cc45)[nH]c23)c1. The summed E-state index contributed by atoms with van der Waals surface area (Å²) in [6.45, 7) is 0. The molecule has 5 aromatic heterocycles. The molecule has 1 fully saturated rings. The van der Waals surface area contributed by atoms with Crippen LogP contribution in [0, 0.1) is 0 Å². The third-order valence-corrected chi connectivity index (χ3v) is 7.77. The number of nitrogens with zero attached hydrogens (tertiary/aromatic N) is 4. The van der Waals surface area contributed by atoms with Crippen molar-refractivity contribution in [2.24, 2.45) is 0 Å². The zero-order valence-electron chi connectivity index (χ0n) is 19.6. The number of pyridine rings is 2. The van der Waals surface area contributed by atoms with E-state index in [-0.39, 0.29) is 0 Å². The van der Waals surface area contributed by atoms with Gasteiger partial charge in [-0.15, -0.1) is 11.3 Å². The second-order valence-corrected chi connectivity index (χ2v) is 10.2. The van der Waals surface area contributed by atoms with E-state index in [1.807, 2.05) is 24.5 Å². The van der Waals surface area contributed by atoms with Gasteiger partial charge in [0.25, 0.3) is 0 Å². The number of thiophene rings is 1. The van der Waals surface area contributed by atoms with E-state index in [0.717, 1.165) is 57.4 Å². The molecule has 0 spiro atoms. The third kappa shape index (κ3) is 3.83. The first-order valence-electron chi connectivity index (χ1n) is 12.3. The van der Waals surface area contributed by atoms with Crippen molar-refractivity contribution >= 4 is 33.4 Å². The van der Waals surface area contributed by atoms with Gasteiger partial charge in [0.2, 0.25) is 0 Å². The largest absolute Gasteiger partial charge is 0.489 e. The van der Waals surface area contributed by atoms with Crippen molar-refractivity contribution in [2.75, 3.05) is 0 Å². The zero-order valence-corrected chi connectivity index (χ0v) is 20.4. The molecule has 5 heterocycles. The van der Waals surface area contributed by atoms with E-state index in [9.17, 15) is 0 Å². The van der Waals surface area contributed by atoms with E-state index < -0.39 is 0 Å². The summed E-state index contributed by atoms with van der Waals surface area (Å²) in [5, 5.41) is 10.8. The number of fused-ring (bicyclic) bond motifs is 2. The first-order valence-corrected chi connectivity index (χ1v) is 13.2. The number of aromatic amines is 2. The topological polar surface area (TPSA) is 92.4 Å². The summed E-state index contributed by atoms with van der Waals surface area (Å²) in [5.74, 6) is 1.52. The van der Waals surface area contributed by atoms with E-state index in [4.69, 9.17) is 9.72 Å². The molecule has 0 amide bonds. The quantitative estimate of drug-likeness (QED) is 0.270. The van der Waals surface area contributed by atoms with Crippen LogP contribution in [0.4, 0.5) is 0 Å². The minimum absolute atomic E-state index is 0.291. The standard InChI is InChI=1S/C28H24N6OS/c1-2-5-19(6-3-1)35-20-13-18(15-29-16-20)17-8-9-23-22(14-17)26(34-33-23)28-31-25-21(24-7-4-12-36-24)10-11-30-27(25)32-28/h4,7-16,19H,1-3,5-6H2,(H,33,34)(H,30,31,32). The number of H-pyrrole nitrogens is 2. The summed E-state index contributed by atoms with van der Waals surface area (Å²) in [7, 11) is 0. The summed E-state index contributed by atoms with van der Waals surface area (Å²) < 4.78 is 6.26. The van der Waals surface area contributed by atoms with Gasteiger partial charge >= 0.3 is 0 Å². The Labute approximate surface area is 211 Å². The number of benzene rings is 1. The fourth-order valence-electron chi connectivity index (χ4n) is 5.05. The van der Waals surface area contributed by atoms with Crippen LogP contribution in [0.3, 0.4) is 0 Å². The van der Waals surface area contributed by atoms with E-state index in [1.54, 1.807) is 17.5 Å². The lowest BCUT2D eigenvalue weighted by Crippen LogP contribution is -2.19. The van der Waals surface area contributed by atoms with Crippen LogP contribution < -0.4 is 4.74 Å². The van der Waals surface area contributed by atoms with Gasteiger partial charge in [-0.25, -0.2) is 9.97 Å². The minimum atomic E-state index is 0.291. The Bertz CT molecular complexity index is 1660. The number of ether oxygens (including phenoxy) is 1. The van der Waals surface area contributed by atoms with Gasteiger partial charge in [-0.05, 0) is 67.0 Å². The van der Waals surface area contributed by atoms with Crippen LogP contribution in [0.25, 0.3) is 55.2 Å². The van der Waals surface area contributed by atoms with Crippen LogP contribution in [0.1, 0.15) is 32.1 Å². The zero-order chi connectivity index (χ0) is 23.9. The molecule has 0 radical (unpaired) electrons. The molecular formula is C28H24N6OS. The molecule has 178 valence electrons. The van der Waals surface area contributed by atoms with Crippen LogP contribution in [0.2, 0.25) is 0 Å². The van der Waals surface area contributed by atoms with Crippen LogP contribution >= 0.6 is 11.3 Å². The van der Waals surface area contributed by atoms with Gasteiger partial charge in [-0.3, -0.25) is 10.1 Å². The van der Waals surface area contributed by atoms with Crippen molar-refractivity contribution in [1.29, 1.82) is 0 Å². The molecule has 7 nitrogen and oxygen atoms in total. The maximum absolute atomic E-state index is 6.26. The van der Waals surface area contributed by atoms with Gasteiger partial charge in [0.05, 0.1) is 23.3 Å². The van der Waals surface area contributed by atoms with Crippen molar-refractivity contribution in [3.05, 3.63) is 66.4 Å². The number of rotatable bonds is 5. The molecule has 36 heavy (non-hydrogen) atoms. The Morgan fingerprint density at radius 2 is 1.92 bits per heavy atom. The van der Waals surface area contributed by atoms with Crippen molar-refractivity contribution in [2.45, 2.75) is 38.2 Å². The molecule has 6 aromatic rings. The van der Waals surface area contributed by atoms with Gasteiger partial charge < -0.3 is 9.72 Å². The van der Waals surface area contributed by atoms with Crippen LogP contribution in [0.15, 0.2) is 66.4 Å². The lowest BCUT2D eigenvalue weighted by atomic mass is 9.98. The fourth-order valence-corrected chi connectivity index (χ4v) is 5.81. The van der Waals surface area contributed by atoms with E-state index in [1.165, 1.54) is 24.1 Å². The lowest BCUT2D eigenvalue weighted by Gasteiger charge is -2.23. The maximum Gasteiger partial charge on any atom is 0.178 e. The molecule has 1 aromatic carbocycles. The van der Waals surface area contributed by atoms with E-state index >= 15 is 0 Å². The summed E-state index contributed by atoms with van der Waals surface area (Å²) in [5.41, 5.74) is 6.48. The highest BCUT2D eigenvalue weighted by Crippen LogP contribution is 2.34. The Kier molecular flexibility index (Phi) is 5.24. The number of hydrogen-bond donors (Lipinski definition) is 2. The lowest BCUT2D eigenvalue weighted by molar-refractivity contribution is 0.154. The van der Waals surface area contributed by atoms with Gasteiger partial charge in [0.15, 0.2) is 11.5 Å². The number of nitrogens with one attached hydrogen (secondary N) is 2. The van der Waals surface area contributed by atoms with Crippen molar-refractivity contribution in [3.63, 3.8) is 0 Å². The highest BCUT2D eigenvalue weighted by atomic mass is 32.1. The summed E-state index contributed by atoms with van der Waals surface area (Å²) >= 11 is 1.70. The minimum Gasteiger partial charge on any atom is -0.489 e. The first kappa shape index (κ1) is 21.3. The second kappa shape index (κ2) is 8.87. The van der Waals surface area contributed by atoms with E-state index in [0.29, 0.717) is 17.6 Å². The molecule has 1 saturated carbocycles. The highest BCUT2D eigenvalue weighted by molar-refractivity contribution is 7.13. The fraction of sp³-hybridized carbons (Fsp3) is 0.214. The molecule has 1 aliphatic carbocycles. The van der Waals surface area contributed by atoms with Gasteiger partial charge in [0.1, 0.15) is 11.4 Å². The predicted molar refractivity (Wildman–Crippen MR) is 143 cm³/mol. The van der Waals surface area contributed by atoms with E-state index in [2.05, 4.69) is 60.9 Å². The second-order valence-electron chi connectivity index (χ2n) is 9.24. The Balaban J connectivity index is 1.26. The molecule has 2 N–H and O–H groups in total. The van der Waals surface area contributed by atoms with Crippen LogP contribution in [-0.4, -0.2) is 36.2 Å². The summed E-state index contributed by atoms with van der Waals surface area (Å²) in [6, 6.07) is 14.5. The number of hydrogen-bond acceptors (Lipinski definition) is 6. The number of imidazole rings is 1. The average molecular weight is 493 g/mol. The van der Waals surface area contributed by atoms with Gasteiger partial charge in [0, 0.05) is 33.8 Å². The smallest absolute Gasteiger partial charge is 0.178 e. The maximum atomic E-state index is 6.26. The van der Waals surface area contributed by atoms with Gasteiger partial charge in [-0.1, -0.05) is 18.6 Å². The summed E-state index contributed by atoms with van der Waals surface area (Å²) in [6.07, 6.45) is 11.8. The predicted octanol–water partition coefficient (Wildman–Crippen LogP) is 7.00. The van der Waals surface area contributed by atoms with Crippen LogP contribution in [0.5, 0.6) is 5.75 Å². The van der Waals surface area contributed by atoms with Crippen molar-refractivity contribution in [1.82, 2.24) is 30.1 Å². The Morgan fingerprint density at radius 1 is 0.972 bits per heavy atom. The van der Waals surface area contributed by atoms with Gasteiger partial charge in [-0.2, -0.15) is 5.10 Å². The molecule has 0 bridgehead atoms. The van der Waals surface area contributed by atoms with Crippen molar-refractivity contribution < 1.29 is 4.74 Å². The summed E-state index contributed by atoms with van der Waals surface area (Å²) in [4.78, 5) is 18.4. The Hall–Kier alpha value is -4.04. The third-order valence-electron chi connectivity index (χ3n) is 6.87. The average Bonchev–Trinajstić information content (AvgIpc) is 3.68. The molecule has 1 aliphatic rings. The molecule has 7 rings (SSSR count).